The summed E-state index contributed by atoms with van der Waals surface area (Å²) in [4.78, 5) is 0. The van der Waals surface area contributed by atoms with Gasteiger partial charge in [0.1, 0.15) is 0 Å². The summed E-state index contributed by atoms with van der Waals surface area (Å²) in [6, 6.07) is 0. The molecule has 0 saturated carbocycles. The fraction of sp³-hybridized carbons (Fsp3) is 0.900. The van der Waals surface area contributed by atoms with Crippen molar-refractivity contribution >= 4 is 39.7 Å². The second-order valence-electron chi connectivity index (χ2n) is 6.97. The van der Waals surface area contributed by atoms with Crippen molar-refractivity contribution in [2.75, 3.05) is 18.8 Å². The summed E-state index contributed by atoms with van der Waals surface area (Å²) >= 11 is 0. The van der Waals surface area contributed by atoms with Crippen LogP contribution >= 0.6 is 0 Å². The molecule has 0 aliphatic heterocycles. The van der Waals surface area contributed by atoms with Crippen molar-refractivity contribution in [1.82, 2.24) is 5.32 Å². The van der Waals surface area contributed by atoms with E-state index in [1.807, 2.05) is 0 Å². The summed E-state index contributed by atoms with van der Waals surface area (Å²) in [5.74, 6) is -0.195. The second kappa shape index (κ2) is 21.9. The van der Waals surface area contributed by atoms with E-state index in [0.29, 0.717) is 6.54 Å². The minimum Gasteiger partial charge on any atom is -0.316 e. The molecule has 151 valence electrons. The number of unbranched alkanes of at least 4 members (excludes halogenated alkanes) is 12. The molecule has 0 bridgehead atoms. The quantitative estimate of drug-likeness (QED) is 0.137. The first-order chi connectivity index (χ1) is 12.1. The first kappa shape index (κ1) is 28.8. The van der Waals surface area contributed by atoms with Crippen LogP contribution in [-0.2, 0) is 10.1 Å². The van der Waals surface area contributed by atoms with E-state index < -0.39 is 10.1 Å². The average molecular weight is 399 g/mol. The van der Waals surface area contributed by atoms with E-state index in [1.165, 1.54) is 83.5 Å². The number of rotatable bonds is 19. The summed E-state index contributed by atoms with van der Waals surface area (Å²) < 4.78 is 29.6. The zero-order chi connectivity index (χ0) is 18.6. The molecule has 0 aromatic rings. The summed E-state index contributed by atoms with van der Waals surface area (Å²) in [7, 11) is -3.82. The molecule has 0 fully saturated rings. The van der Waals surface area contributed by atoms with E-state index in [0.717, 1.165) is 13.0 Å². The molecule has 2 N–H and O–H groups in total. The molecule has 26 heavy (non-hydrogen) atoms. The molecule has 0 spiro atoms. The number of hydrogen-bond acceptors (Lipinski definition) is 3. The largest absolute Gasteiger partial charge is 0.316 e. The molecule has 1 radical (unpaired) electrons. The maximum atomic E-state index is 10.5. The minimum absolute atomic E-state index is 0. The Morgan fingerprint density at radius 2 is 1.19 bits per heavy atom. The third-order valence-electron chi connectivity index (χ3n) is 4.40. The molecule has 0 aromatic heterocycles. The predicted octanol–water partition coefficient (Wildman–Crippen LogP) is 5.12. The third-order valence-corrected chi connectivity index (χ3v) is 5.12. The van der Waals surface area contributed by atoms with Crippen molar-refractivity contribution in [1.29, 1.82) is 0 Å². The Hall–Kier alpha value is 0.610. The monoisotopic (exact) mass is 398 g/mol. The molecule has 6 heteroatoms. The summed E-state index contributed by atoms with van der Waals surface area (Å²) in [5.41, 5.74) is 0. The Morgan fingerprint density at radius 3 is 1.69 bits per heavy atom. The topological polar surface area (TPSA) is 66.4 Å². The normalized spacial score (nSPS) is 11.8. The fourth-order valence-corrected chi connectivity index (χ4v) is 3.23. The zero-order valence-corrected chi connectivity index (χ0v) is 20.2. The van der Waals surface area contributed by atoms with Crippen LogP contribution in [0.3, 0.4) is 0 Å². The van der Waals surface area contributed by atoms with Gasteiger partial charge in [0.25, 0.3) is 10.1 Å². The summed E-state index contributed by atoms with van der Waals surface area (Å²) in [6.45, 7) is 3.43. The molecule has 4 nitrogen and oxygen atoms in total. The van der Waals surface area contributed by atoms with Gasteiger partial charge in [0.2, 0.25) is 0 Å². The number of nitrogens with one attached hydrogen (secondary N) is 1. The van der Waals surface area contributed by atoms with E-state index in [2.05, 4.69) is 24.4 Å². The standard InChI is InChI=1S/C20H41NO3S.Na/c1-2-3-4-5-6-7-8-9-10-11-12-13-14-15-16-17-18-21-19-20-25(22,23)24;/h9-10,21H,2-8,11-20H2,1H3,(H,22,23,24);/b10-9-;. The van der Waals surface area contributed by atoms with Crippen LogP contribution in [-0.4, -0.2) is 61.4 Å². The summed E-state index contributed by atoms with van der Waals surface area (Å²) in [5, 5.41) is 3.04. The van der Waals surface area contributed by atoms with Gasteiger partial charge in [-0.25, -0.2) is 0 Å². The molecule has 0 unspecified atom stereocenters. The SMILES string of the molecule is CCCCCCCC/C=C\CCCCCCCCNCCS(=O)(=O)O.[Na]. The maximum absolute atomic E-state index is 10.5. The fourth-order valence-electron chi connectivity index (χ4n) is 2.82. The Kier molecular flexibility index (Phi) is 24.3. The van der Waals surface area contributed by atoms with E-state index in [4.69, 9.17) is 4.55 Å². The van der Waals surface area contributed by atoms with Gasteiger partial charge in [0.05, 0.1) is 5.75 Å². The summed E-state index contributed by atoms with van der Waals surface area (Å²) in [6.07, 6.45) is 22.8. The Bertz CT molecular complexity index is 400. The van der Waals surface area contributed by atoms with E-state index in [1.54, 1.807) is 0 Å². The van der Waals surface area contributed by atoms with Gasteiger partial charge in [-0.15, -0.1) is 0 Å². The Morgan fingerprint density at radius 1 is 0.731 bits per heavy atom. The van der Waals surface area contributed by atoms with Gasteiger partial charge in [-0.1, -0.05) is 76.9 Å². The average Bonchev–Trinajstić information content (AvgIpc) is 2.56. The molecule has 0 amide bonds. The van der Waals surface area contributed by atoms with Crippen molar-refractivity contribution in [3.05, 3.63) is 12.2 Å². The molecular weight excluding hydrogens is 357 g/mol. The third kappa shape index (κ3) is 26.8. The Balaban J connectivity index is 0. The van der Waals surface area contributed by atoms with Gasteiger partial charge in [-0.3, -0.25) is 4.55 Å². The van der Waals surface area contributed by atoms with Crippen molar-refractivity contribution in [3.63, 3.8) is 0 Å². The smallest absolute Gasteiger partial charge is 0.266 e. The van der Waals surface area contributed by atoms with Crippen LogP contribution in [0.4, 0.5) is 0 Å². The molecule has 0 rings (SSSR count). The van der Waals surface area contributed by atoms with Crippen LogP contribution in [0.1, 0.15) is 96.8 Å². The molecule has 0 aliphatic rings. The van der Waals surface area contributed by atoms with Crippen LogP contribution in [0, 0.1) is 0 Å². The maximum Gasteiger partial charge on any atom is 0.266 e. The van der Waals surface area contributed by atoms with Crippen LogP contribution < -0.4 is 5.32 Å². The van der Waals surface area contributed by atoms with Crippen molar-refractivity contribution in [2.45, 2.75) is 96.8 Å². The molecule has 0 saturated heterocycles. The molecular formula is C20H41NNaO3S. The molecule has 0 aliphatic carbocycles. The van der Waals surface area contributed by atoms with Crippen molar-refractivity contribution in [3.8, 4) is 0 Å². The van der Waals surface area contributed by atoms with Crippen molar-refractivity contribution < 1.29 is 13.0 Å². The molecule has 0 heterocycles. The van der Waals surface area contributed by atoms with Gasteiger partial charge in [-0.2, -0.15) is 8.42 Å². The van der Waals surface area contributed by atoms with E-state index in [-0.39, 0.29) is 35.3 Å². The molecule has 0 atom stereocenters. The first-order valence-electron chi connectivity index (χ1n) is 10.4. The van der Waals surface area contributed by atoms with Crippen LogP contribution in [0.5, 0.6) is 0 Å². The Labute approximate surface area is 185 Å². The van der Waals surface area contributed by atoms with Gasteiger partial charge in [0, 0.05) is 36.1 Å². The molecule has 0 aromatic carbocycles. The van der Waals surface area contributed by atoms with Gasteiger partial charge in [0.15, 0.2) is 0 Å². The van der Waals surface area contributed by atoms with Crippen LogP contribution in [0.2, 0.25) is 0 Å². The minimum atomic E-state index is -3.82. The van der Waals surface area contributed by atoms with Gasteiger partial charge in [-0.05, 0) is 38.6 Å². The van der Waals surface area contributed by atoms with Crippen molar-refractivity contribution in [2.24, 2.45) is 0 Å². The first-order valence-corrected chi connectivity index (χ1v) is 12.0. The second-order valence-corrected chi connectivity index (χ2v) is 8.55. The zero-order valence-electron chi connectivity index (χ0n) is 17.3. The van der Waals surface area contributed by atoms with E-state index in [9.17, 15) is 8.42 Å². The number of allylic oxidation sites excluding steroid dienone is 2. The van der Waals surface area contributed by atoms with Gasteiger partial charge >= 0.3 is 0 Å². The predicted molar refractivity (Wildman–Crippen MR) is 114 cm³/mol. The van der Waals surface area contributed by atoms with E-state index >= 15 is 0 Å². The van der Waals surface area contributed by atoms with Crippen LogP contribution in [0.25, 0.3) is 0 Å². The van der Waals surface area contributed by atoms with Gasteiger partial charge < -0.3 is 5.32 Å². The number of hydrogen-bond donors (Lipinski definition) is 2. The van der Waals surface area contributed by atoms with Crippen LogP contribution in [0.15, 0.2) is 12.2 Å².